The number of nitrogens with one attached hydrogen (secondary N) is 2. The molecule has 25 heavy (non-hydrogen) atoms. The number of anilines is 1. The number of carbonyl (C=O) groups is 2. The lowest BCUT2D eigenvalue weighted by molar-refractivity contribution is -0.122. The van der Waals surface area contributed by atoms with Crippen LogP contribution in [-0.4, -0.2) is 31.4 Å². The zero-order valence-corrected chi connectivity index (χ0v) is 15.7. The standard InChI is InChI=1S/C19H25N3O2S/c1-14(22(3)16-8-5-4-6-9-16)13-20-19(24)12-17(21-15(2)23)18-10-7-11-25-18/h4-11,14,17H,12-13H2,1-3H3,(H,20,24)(H,21,23)/t14-,17-/m0/s1. The zero-order valence-electron chi connectivity index (χ0n) is 14.9. The molecule has 0 aliphatic carbocycles. The summed E-state index contributed by atoms with van der Waals surface area (Å²) in [7, 11) is 2.01. The third-order valence-corrected chi connectivity index (χ3v) is 5.06. The Bertz CT molecular complexity index is 673. The van der Waals surface area contributed by atoms with Gasteiger partial charge in [-0.15, -0.1) is 11.3 Å². The molecule has 0 aliphatic heterocycles. The van der Waals surface area contributed by atoms with Gasteiger partial charge in [-0.1, -0.05) is 24.3 Å². The molecule has 134 valence electrons. The molecule has 2 aromatic rings. The minimum atomic E-state index is -0.278. The molecule has 6 heteroatoms. The van der Waals surface area contributed by atoms with Gasteiger partial charge in [0.05, 0.1) is 12.5 Å². The molecule has 0 radical (unpaired) electrons. The highest BCUT2D eigenvalue weighted by molar-refractivity contribution is 7.10. The molecule has 1 aromatic carbocycles. The lowest BCUT2D eigenvalue weighted by atomic mass is 10.1. The van der Waals surface area contributed by atoms with Gasteiger partial charge in [0.1, 0.15) is 0 Å². The first-order valence-corrected chi connectivity index (χ1v) is 9.20. The van der Waals surface area contributed by atoms with Crippen LogP contribution in [0, 0.1) is 0 Å². The number of nitrogens with zero attached hydrogens (tertiary/aromatic N) is 1. The van der Waals surface area contributed by atoms with Crippen LogP contribution in [0.4, 0.5) is 5.69 Å². The lowest BCUT2D eigenvalue weighted by Gasteiger charge is -2.27. The van der Waals surface area contributed by atoms with Crippen molar-refractivity contribution in [2.75, 3.05) is 18.5 Å². The van der Waals surface area contributed by atoms with Crippen LogP contribution in [0.15, 0.2) is 47.8 Å². The first-order chi connectivity index (χ1) is 12.0. The van der Waals surface area contributed by atoms with Crippen LogP contribution in [0.1, 0.15) is 31.2 Å². The molecule has 0 fully saturated rings. The van der Waals surface area contributed by atoms with E-state index >= 15 is 0 Å². The van der Waals surface area contributed by atoms with E-state index in [0.29, 0.717) is 6.54 Å². The maximum absolute atomic E-state index is 12.3. The summed E-state index contributed by atoms with van der Waals surface area (Å²) in [5.41, 5.74) is 1.11. The van der Waals surface area contributed by atoms with E-state index in [9.17, 15) is 9.59 Å². The third kappa shape index (κ3) is 5.90. The maximum Gasteiger partial charge on any atom is 0.222 e. The zero-order chi connectivity index (χ0) is 18.2. The fourth-order valence-corrected chi connectivity index (χ4v) is 3.31. The van der Waals surface area contributed by atoms with Crippen LogP contribution in [0.2, 0.25) is 0 Å². The number of amides is 2. The van der Waals surface area contributed by atoms with E-state index in [2.05, 4.69) is 22.5 Å². The summed E-state index contributed by atoms with van der Waals surface area (Å²) in [4.78, 5) is 26.8. The van der Waals surface area contributed by atoms with Crippen molar-refractivity contribution in [3.63, 3.8) is 0 Å². The van der Waals surface area contributed by atoms with Gasteiger partial charge in [-0.25, -0.2) is 0 Å². The van der Waals surface area contributed by atoms with Crippen molar-refractivity contribution in [2.45, 2.75) is 32.4 Å². The minimum absolute atomic E-state index is 0.0690. The number of likely N-dealkylation sites (N-methyl/N-ethyl adjacent to an activating group) is 1. The number of rotatable bonds is 8. The van der Waals surface area contributed by atoms with E-state index < -0.39 is 0 Å². The average molecular weight is 359 g/mol. The van der Waals surface area contributed by atoms with Crippen LogP contribution in [-0.2, 0) is 9.59 Å². The highest BCUT2D eigenvalue weighted by Crippen LogP contribution is 2.22. The van der Waals surface area contributed by atoms with Gasteiger partial charge in [-0.2, -0.15) is 0 Å². The SMILES string of the molecule is CC(=O)N[C@@H](CC(=O)NC[C@H](C)N(C)c1ccccc1)c1cccs1. The summed E-state index contributed by atoms with van der Waals surface area (Å²) in [5.74, 6) is -0.205. The number of para-hydroxylation sites is 1. The fourth-order valence-electron chi connectivity index (χ4n) is 2.53. The van der Waals surface area contributed by atoms with E-state index in [1.807, 2.05) is 54.9 Å². The number of benzene rings is 1. The second-order valence-corrected chi connectivity index (χ2v) is 7.05. The van der Waals surface area contributed by atoms with Gasteiger partial charge in [-0.05, 0) is 30.5 Å². The molecule has 0 spiro atoms. The smallest absolute Gasteiger partial charge is 0.222 e. The summed E-state index contributed by atoms with van der Waals surface area (Å²) >= 11 is 1.54. The van der Waals surface area contributed by atoms with E-state index in [-0.39, 0.29) is 30.3 Å². The van der Waals surface area contributed by atoms with E-state index in [0.717, 1.165) is 10.6 Å². The van der Waals surface area contributed by atoms with Crippen molar-refractivity contribution in [3.05, 3.63) is 52.7 Å². The number of hydrogen-bond acceptors (Lipinski definition) is 4. The van der Waals surface area contributed by atoms with Crippen molar-refractivity contribution in [1.29, 1.82) is 0 Å². The number of carbonyl (C=O) groups excluding carboxylic acids is 2. The Morgan fingerprint density at radius 1 is 1.16 bits per heavy atom. The van der Waals surface area contributed by atoms with Crippen molar-refractivity contribution >= 4 is 28.8 Å². The second kappa shape index (κ2) is 9.22. The third-order valence-electron chi connectivity index (χ3n) is 4.07. The average Bonchev–Trinajstić information content (AvgIpc) is 3.13. The summed E-state index contributed by atoms with van der Waals surface area (Å²) in [6.07, 6.45) is 0.238. The Morgan fingerprint density at radius 3 is 2.48 bits per heavy atom. The van der Waals surface area contributed by atoms with Crippen LogP contribution >= 0.6 is 11.3 Å². The van der Waals surface area contributed by atoms with Crippen molar-refractivity contribution < 1.29 is 9.59 Å². The van der Waals surface area contributed by atoms with Crippen molar-refractivity contribution in [3.8, 4) is 0 Å². The van der Waals surface area contributed by atoms with E-state index in [1.165, 1.54) is 18.3 Å². The summed E-state index contributed by atoms with van der Waals surface area (Å²) < 4.78 is 0. The second-order valence-electron chi connectivity index (χ2n) is 6.07. The van der Waals surface area contributed by atoms with Gasteiger partial charge in [0.25, 0.3) is 0 Å². The lowest BCUT2D eigenvalue weighted by Crippen LogP contribution is -2.41. The maximum atomic E-state index is 12.3. The first-order valence-electron chi connectivity index (χ1n) is 8.32. The molecule has 0 bridgehead atoms. The van der Waals surface area contributed by atoms with Gasteiger partial charge >= 0.3 is 0 Å². The molecular formula is C19H25N3O2S. The Hall–Kier alpha value is -2.34. The van der Waals surface area contributed by atoms with E-state index in [4.69, 9.17) is 0 Å². The van der Waals surface area contributed by atoms with E-state index in [1.54, 1.807) is 0 Å². The van der Waals surface area contributed by atoms with Gasteiger partial charge in [0.15, 0.2) is 0 Å². The summed E-state index contributed by atoms with van der Waals surface area (Å²) in [6, 6.07) is 13.8. The Labute approximate surface area is 153 Å². The van der Waals surface area contributed by atoms with Gasteiger partial charge in [0.2, 0.25) is 11.8 Å². The van der Waals surface area contributed by atoms with Crippen molar-refractivity contribution in [1.82, 2.24) is 10.6 Å². The molecule has 0 unspecified atom stereocenters. The Balaban J connectivity index is 1.87. The normalized spacial score (nSPS) is 12.9. The molecule has 2 amide bonds. The molecule has 1 aromatic heterocycles. The predicted molar refractivity (Wildman–Crippen MR) is 103 cm³/mol. The summed E-state index contributed by atoms with van der Waals surface area (Å²) in [5, 5.41) is 7.76. The monoisotopic (exact) mass is 359 g/mol. The minimum Gasteiger partial charge on any atom is -0.370 e. The quantitative estimate of drug-likeness (QED) is 0.762. The van der Waals surface area contributed by atoms with Crippen LogP contribution < -0.4 is 15.5 Å². The highest BCUT2D eigenvalue weighted by atomic mass is 32.1. The molecule has 2 N–H and O–H groups in total. The van der Waals surface area contributed by atoms with Gasteiger partial charge < -0.3 is 15.5 Å². The number of hydrogen-bond donors (Lipinski definition) is 2. The molecule has 1 heterocycles. The van der Waals surface area contributed by atoms with Crippen LogP contribution in [0.25, 0.3) is 0 Å². The highest BCUT2D eigenvalue weighted by Gasteiger charge is 2.19. The largest absolute Gasteiger partial charge is 0.370 e. The van der Waals surface area contributed by atoms with Crippen molar-refractivity contribution in [2.24, 2.45) is 0 Å². The molecule has 2 atom stereocenters. The van der Waals surface area contributed by atoms with Gasteiger partial charge in [-0.3, -0.25) is 9.59 Å². The molecular weight excluding hydrogens is 334 g/mol. The van der Waals surface area contributed by atoms with Crippen LogP contribution in [0.5, 0.6) is 0 Å². The molecule has 2 rings (SSSR count). The fraction of sp³-hybridized carbons (Fsp3) is 0.368. The number of thiophene rings is 1. The van der Waals surface area contributed by atoms with Crippen LogP contribution in [0.3, 0.4) is 0 Å². The topological polar surface area (TPSA) is 61.4 Å². The Morgan fingerprint density at radius 2 is 1.88 bits per heavy atom. The predicted octanol–water partition coefficient (Wildman–Crippen LogP) is 2.96. The van der Waals surface area contributed by atoms with Gasteiger partial charge in [0, 0.05) is 37.1 Å². The molecule has 5 nitrogen and oxygen atoms in total. The first kappa shape index (κ1) is 19.0. The molecule has 0 aliphatic rings. The summed E-state index contributed by atoms with van der Waals surface area (Å²) in [6.45, 7) is 4.08. The Kier molecular flexibility index (Phi) is 7.01. The molecule has 0 saturated carbocycles. The molecule has 0 saturated heterocycles.